The number of carboxylic acids is 1. The van der Waals surface area contributed by atoms with E-state index in [1.54, 1.807) is 6.07 Å². The van der Waals surface area contributed by atoms with Crippen LogP contribution >= 0.6 is 11.6 Å². The van der Waals surface area contributed by atoms with E-state index in [1.807, 2.05) is 18.2 Å². The average Bonchev–Trinajstić information content (AvgIpc) is 2.21. The zero-order valence-electron chi connectivity index (χ0n) is 8.90. The van der Waals surface area contributed by atoms with Crippen LogP contribution in [0.4, 0.5) is 0 Å². The highest BCUT2D eigenvalue weighted by Gasteiger charge is 2.08. The van der Waals surface area contributed by atoms with Gasteiger partial charge >= 0.3 is 5.97 Å². The van der Waals surface area contributed by atoms with Gasteiger partial charge in [0.05, 0.1) is 6.10 Å². The van der Waals surface area contributed by atoms with Gasteiger partial charge in [-0.15, -0.1) is 0 Å². The number of aliphatic hydroxyl groups is 1. The number of benzene rings is 1. The van der Waals surface area contributed by atoms with E-state index in [1.165, 1.54) is 0 Å². The molecule has 0 saturated heterocycles. The van der Waals surface area contributed by atoms with Crippen molar-refractivity contribution in [2.24, 2.45) is 0 Å². The molecule has 0 bridgehead atoms. The van der Waals surface area contributed by atoms with E-state index in [0.29, 0.717) is 24.3 Å². The van der Waals surface area contributed by atoms with Crippen LogP contribution in [-0.2, 0) is 11.2 Å². The SMILES string of the molecule is O=C(O)CCCC(O)Cc1ccccc1Cl. The minimum Gasteiger partial charge on any atom is -0.481 e. The fourth-order valence-electron chi connectivity index (χ4n) is 1.51. The first kappa shape index (κ1) is 13.0. The molecule has 0 radical (unpaired) electrons. The fraction of sp³-hybridized carbons (Fsp3) is 0.417. The molecule has 2 N–H and O–H groups in total. The molecule has 0 spiro atoms. The molecule has 4 heteroatoms. The van der Waals surface area contributed by atoms with Crippen LogP contribution in [0.1, 0.15) is 24.8 Å². The Kier molecular flexibility index (Phi) is 5.29. The lowest BCUT2D eigenvalue weighted by atomic mass is 10.0. The summed E-state index contributed by atoms with van der Waals surface area (Å²) in [6.45, 7) is 0. The molecular formula is C12H15ClO3. The molecule has 0 aromatic heterocycles. The summed E-state index contributed by atoms with van der Waals surface area (Å²) in [7, 11) is 0. The molecule has 0 aliphatic heterocycles. The molecule has 88 valence electrons. The van der Waals surface area contributed by atoms with Gasteiger partial charge in [0.2, 0.25) is 0 Å². The summed E-state index contributed by atoms with van der Waals surface area (Å²) in [5.41, 5.74) is 0.895. The second-order valence-corrected chi connectivity index (χ2v) is 4.14. The van der Waals surface area contributed by atoms with Crippen LogP contribution in [0.15, 0.2) is 24.3 Å². The fourth-order valence-corrected chi connectivity index (χ4v) is 1.72. The number of halogens is 1. The Hall–Kier alpha value is -1.06. The summed E-state index contributed by atoms with van der Waals surface area (Å²) in [5.74, 6) is -0.829. The summed E-state index contributed by atoms with van der Waals surface area (Å²) < 4.78 is 0. The van der Waals surface area contributed by atoms with Crippen molar-refractivity contribution >= 4 is 17.6 Å². The van der Waals surface area contributed by atoms with Gasteiger partial charge in [0.1, 0.15) is 0 Å². The maximum absolute atomic E-state index is 10.3. The Morgan fingerprint density at radius 3 is 2.69 bits per heavy atom. The van der Waals surface area contributed by atoms with Crippen molar-refractivity contribution < 1.29 is 15.0 Å². The molecule has 1 aromatic rings. The molecule has 0 heterocycles. The largest absolute Gasteiger partial charge is 0.481 e. The van der Waals surface area contributed by atoms with Gasteiger partial charge in [0.15, 0.2) is 0 Å². The Morgan fingerprint density at radius 2 is 2.06 bits per heavy atom. The van der Waals surface area contributed by atoms with Gasteiger partial charge in [-0.3, -0.25) is 4.79 Å². The maximum Gasteiger partial charge on any atom is 0.303 e. The molecule has 0 aliphatic rings. The van der Waals surface area contributed by atoms with Gasteiger partial charge in [-0.2, -0.15) is 0 Å². The first-order chi connectivity index (χ1) is 7.59. The van der Waals surface area contributed by atoms with Crippen molar-refractivity contribution in [3.63, 3.8) is 0 Å². The lowest BCUT2D eigenvalue weighted by Crippen LogP contribution is -2.11. The molecule has 1 atom stereocenters. The van der Waals surface area contributed by atoms with E-state index in [9.17, 15) is 9.90 Å². The quantitative estimate of drug-likeness (QED) is 0.806. The summed E-state index contributed by atoms with van der Waals surface area (Å²) in [6, 6.07) is 7.34. The second-order valence-electron chi connectivity index (χ2n) is 3.74. The molecule has 0 fully saturated rings. The molecule has 1 unspecified atom stereocenters. The monoisotopic (exact) mass is 242 g/mol. The topological polar surface area (TPSA) is 57.5 Å². The normalized spacial score (nSPS) is 12.4. The molecule has 1 rings (SSSR count). The van der Waals surface area contributed by atoms with Gasteiger partial charge in [-0.1, -0.05) is 29.8 Å². The average molecular weight is 243 g/mol. The number of hydrogen-bond donors (Lipinski definition) is 2. The highest BCUT2D eigenvalue weighted by atomic mass is 35.5. The Morgan fingerprint density at radius 1 is 1.38 bits per heavy atom. The van der Waals surface area contributed by atoms with Crippen LogP contribution in [-0.4, -0.2) is 22.3 Å². The lowest BCUT2D eigenvalue weighted by Gasteiger charge is -2.10. The third-order valence-corrected chi connectivity index (χ3v) is 2.71. The number of carboxylic acid groups (broad SMARTS) is 1. The van der Waals surface area contributed by atoms with Gasteiger partial charge in [-0.25, -0.2) is 0 Å². The van der Waals surface area contributed by atoms with Crippen molar-refractivity contribution in [1.29, 1.82) is 0 Å². The van der Waals surface area contributed by atoms with Crippen LogP contribution < -0.4 is 0 Å². The summed E-state index contributed by atoms with van der Waals surface area (Å²) >= 11 is 5.95. The summed E-state index contributed by atoms with van der Waals surface area (Å²) in [6.07, 6.45) is 1.01. The highest BCUT2D eigenvalue weighted by Crippen LogP contribution is 2.18. The molecule has 3 nitrogen and oxygen atoms in total. The van der Waals surface area contributed by atoms with Gasteiger partial charge in [0.25, 0.3) is 0 Å². The lowest BCUT2D eigenvalue weighted by molar-refractivity contribution is -0.137. The number of rotatable bonds is 6. The number of aliphatic carboxylic acids is 1. The predicted octanol–water partition coefficient (Wildman–Crippen LogP) is 2.50. The van der Waals surface area contributed by atoms with Gasteiger partial charge < -0.3 is 10.2 Å². The molecule has 0 amide bonds. The van der Waals surface area contributed by atoms with Crippen LogP contribution in [0.5, 0.6) is 0 Å². The Balaban J connectivity index is 2.37. The first-order valence-corrected chi connectivity index (χ1v) is 5.60. The molecule has 0 saturated carbocycles. The maximum atomic E-state index is 10.3. The predicted molar refractivity (Wildman–Crippen MR) is 62.6 cm³/mol. The van der Waals surface area contributed by atoms with Crippen LogP contribution in [0, 0.1) is 0 Å². The number of carbonyl (C=O) groups is 1. The zero-order chi connectivity index (χ0) is 12.0. The van der Waals surface area contributed by atoms with Crippen LogP contribution in [0.3, 0.4) is 0 Å². The van der Waals surface area contributed by atoms with E-state index in [2.05, 4.69) is 0 Å². The van der Waals surface area contributed by atoms with E-state index in [4.69, 9.17) is 16.7 Å². The van der Waals surface area contributed by atoms with E-state index in [0.717, 1.165) is 5.56 Å². The molecule has 0 aliphatic carbocycles. The third kappa shape index (κ3) is 4.64. The molecule has 1 aromatic carbocycles. The minimum atomic E-state index is -0.829. The minimum absolute atomic E-state index is 0.0968. The first-order valence-electron chi connectivity index (χ1n) is 5.23. The van der Waals surface area contributed by atoms with Gasteiger partial charge in [-0.05, 0) is 30.9 Å². The van der Waals surface area contributed by atoms with Crippen molar-refractivity contribution in [1.82, 2.24) is 0 Å². The van der Waals surface area contributed by atoms with E-state index < -0.39 is 12.1 Å². The van der Waals surface area contributed by atoms with Crippen molar-refractivity contribution in [2.75, 3.05) is 0 Å². The highest BCUT2D eigenvalue weighted by molar-refractivity contribution is 6.31. The molecular weight excluding hydrogens is 228 g/mol. The number of aliphatic hydroxyl groups excluding tert-OH is 1. The van der Waals surface area contributed by atoms with Crippen molar-refractivity contribution in [3.05, 3.63) is 34.9 Å². The smallest absolute Gasteiger partial charge is 0.303 e. The number of hydrogen-bond acceptors (Lipinski definition) is 2. The van der Waals surface area contributed by atoms with Crippen molar-refractivity contribution in [3.8, 4) is 0 Å². The van der Waals surface area contributed by atoms with Crippen molar-refractivity contribution in [2.45, 2.75) is 31.8 Å². The Labute approximate surface area is 99.7 Å². The van der Waals surface area contributed by atoms with Crippen LogP contribution in [0.25, 0.3) is 0 Å². The Bertz CT molecular complexity index is 352. The summed E-state index contributed by atoms with van der Waals surface area (Å²) in [4.78, 5) is 10.3. The second kappa shape index (κ2) is 6.51. The van der Waals surface area contributed by atoms with Crippen LogP contribution in [0.2, 0.25) is 5.02 Å². The van der Waals surface area contributed by atoms with E-state index >= 15 is 0 Å². The van der Waals surface area contributed by atoms with Gasteiger partial charge in [0, 0.05) is 11.4 Å². The molecule has 16 heavy (non-hydrogen) atoms. The van der Waals surface area contributed by atoms with E-state index in [-0.39, 0.29) is 6.42 Å². The summed E-state index contributed by atoms with van der Waals surface area (Å²) in [5, 5.41) is 18.8. The third-order valence-electron chi connectivity index (χ3n) is 2.34. The zero-order valence-corrected chi connectivity index (χ0v) is 9.65. The standard InChI is InChI=1S/C12H15ClO3/c13-11-6-2-1-4-9(11)8-10(14)5-3-7-12(15)16/h1-2,4,6,10,14H,3,5,7-8H2,(H,15,16).